The van der Waals surface area contributed by atoms with Gasteiger partial charge in [-0.25, -0.2) is 12.8 Å². The molecule has 6 nitrogen and oxygen atoms in total. The van der Waals surface area contributed by atoms with Crippen molar-refractivity contribution in [3.63, 3.8) is 0 Å². The van der Waals surface area contributed by atoms with Crippen LogP contribution in [0.5, 0.6) is 5.75 Å². The monoisotopic (exact) mass is 352 g/mol. The first-order valence-electron chi connectivity index (χ1n) is 7.05. The number of carbonyl (C=O) groups excluding carboxylic acids is 1. The lowest BCUT2D eigenvalue weighted by atomic mass is 10.2. The van der Waals surface area contributed by atoms with Crippen molar-refractivity contribution >= 4 is 21.6 Å². The summed E-state index contributed by atoms with van der Waals surface area (Å²) in [6, 6.07) is 10.1. The minimum Gasteiger partial charge on any atom is -0.495 e. The number of para-hydroxylation sites is 2. The highest BCUT2D eigenvalue weighted by molar-refractivity contribution is 7.89. The number of anilines is 1. The number of hydrogen-bond donors (Lipinski definition) is 2. The normalized spacial score (nSPS) is 12.5. The molecule has 0 fully saturated rings. The van der Waals surface area contributed by atoms with Gasteiger partial charge in [-0.3, -0.25) is 4.79 Å². The van der Waals surface area contributed by atoms with Crippen LogP contribution in [0.3, 0.4) is 0 Å². The molecule has 0 spiro atoms. The molecule has 0 unspecified atom stereocenters. The Bertz CT molecular complexity index is 822. The van der Waals surface area contributed by atoms with Gasteiger partial charge < -0.3 is 10.1 Å². The standard InChI is InChI=1S/C16H17FN2O4S/c1-11(16(20)18-14-5-3-4-6-15(14)23-2)19-24(21,22)13-9-7-12(17)8-10-13/h3-11,19H,1-2H3,(H,18,20)/t11-/m1/s1. The molecular formula is C16H17FN2O4S. The molecule has 1 atom stereocenters. The molecule has 0 radical (unpaired) electrons. The molecule has 24 heavy (non-hydrogen) atoms. The van der Waals surface area contributed by atoms with Crippen molar-refractivity contribution in [2.24, 2.45) is 0 Å². The molecule has 0 aliphatic carbocycles. The number of hydrogen-bond acceptors (Lipinski definition) is 4. The summed E-state index contributed by atoms with van der Waals surface area (Å²) >= 11 is 0. The number of halogens is 1. The molecule has 8 heteroatoms. The quantitative estimate of drug-likeness (QED) is 0.834. The van der Waals surface area contributed by atoms with Crippen molar-refractivity contribution in [3.8, 4) is 5.75 Å². The summed E-state index contributed by atoms with van der Waals surface area (Å²) in [6.07, 6.45) is 0. The zero-order valence-electron chi connectivity index (χ0n) is 13.1. The second kappa shape index (κ2) is 7.41. The van der Waals surface area contributed by atoms with Crippen LogP contribution in [0.25, 0.3) is 0 Å². The average Bonchev–Trinajstić information content (AvgIpc) is 2.55. The number of nitrogens with one attached hydrogen (secondary N) is 2. The van der Waals surface area contributed by atoms with E-state index in [-0.39, 0.29) is 4.90 Å². The van der Waals surface area contributed by atoms with Crippen molar-refractivity contribution < 1.29 is 22.3 Å². The molecule has 0 saturated heterocycles. The maximum absolute atomic E-state index is 12.9. The maximum atomic E-state index is 12.9. The van der Waals surface area contributed by atoms with Crippen LogP contribution in [0.4, 0.5) is 10.1 Å². The van der Waals surface area contributed by atoms with E-state index in [0.717, 1.165) is 24.3 Å². The molecule has 1 amide bonds. The van der Waals surface area contributed by atoms with Crippen LogP contribution < -0.4 is 14.8 Å². The zero-order valence-corrected chi connectivity index (χ0v) is 13.9. The first-order chi connectivity index (χ1) is 11.3. The summed E-state index contributed by atoms with van der Waals surface area (Å²) in [5, 5.41) is 2.59. The minimum absolute atomic E-state index is 0.124. The number of amides is 1. The average molecular weight is 352 g/mol. The van der Waals surface area contributed by atoms with Crippen LogP contribution in [-0.4, -0.2) is 27.5 Å². The molecule has 0 bridgehead atoms. The lowest BCUT2D eigenvalue weighted by Crippen LogP contribution is -2.41. The Balaban J connectivity index is 2.09. The molecule has 2 rings (SSSR count). The molecule has 0 saturated carbocycles. The third-order valence-electron chi connectivity index (χ3n) is 3.21. The first-order valence-corrected chi connectivity index (χ1v) is 8.53. The second-order valence-electron chi connectivity index (χ2n) is 4.99. The van der Waals surface area contributed by atoms with Crippen molar-refractivity contribution in [1.29, 1.82) is 0 Å². The summed E-state index contributed by atoms with van der Waals surface area (Å²) in [6.45, 7) is 1.41. The van der Waals surface area contributed by atoms with Gasteiger partial charge >= 0.3 is 0 Å². The van der Waals surface area contributed by atoms with Crippen molar-refractivity contribution in [3.05, 3.63) is 54.3 Å². The minimum atomic E-state index is -3.94. The third-order valence-corrected chi connectivity index (χ3v) is 4.77. The Morgan fingerprint density at radius 2 is 1.75 bits per heavy atom. The van der Waals surface area contributed by atoms with Crippen molar-refractivity contribution in [1.82, 2.24) is 4.72 Å². The Labute approximate surface area is 139 Å². The predicted octanol–water partition coefficient (Wildman–Crippen LogP) is 2.14. The van der Waals surface area contributed by atoms with Crippen LogP contribution in [0.2, 0.25) is 0 Å². The number of methoxy groups -OCH3 is 1. The SMILES string of the molecule is COc1ccccc1NC(=O)[C@@H](C)NS(=O)(=O)c1ccc(F)cc1. The molecule has 2 aromatic carbocycles. The van der Waals surface area contributed by atoms with E-state index in [1.54, 1.807) is 24.3 Å². The Morgan fingerprint density at radius 1 is 1.12 bits per heavy atom. The Hall–Kier alpha value is -2.45. The maximum Gasteiger partial charge on any atom is 0.242 e. The van der Waals surface area contributed by atoms with Crippen molar-refractivity contribution in [2.75, 3.05) is 12.4 Å². The van der Waals surface area contributed by atoms with Crippen LogP contribution in [-0.2, 0) is 14.8 Å². The second-order valence-corrected chi connectivity index (χ2v) is 6.70. The lowest BCUT2D eigenvalue weighted by Gasteiger charge is -2.16. The molecule has 0 aromatic heterocycles. The van der Waals surface area contributed by atoms with Gasteiger partial charge in [0, 0.05) is 0 Å². The van der Waals surface area contributed by atoms with Crippen LogP contribution in [0.1, 0.15) is 6.92 Å². The number of carbonyl (C=O) groups is 1. The van der Waals surface area contributed by atoms with Gasteiger partial charge in [-0.1, -0.05) is 12.1 Å². The predicted molar refractivity (Wildman–Crippen MR) is 87.8 cm³/mol. The van der Waals surface area contributed by atoms with E-state index in [0.29, 0.717) is 11.4 Å². The fraction of sp³-hybridized carbons (Fsp3) is 0.188. The molecule has 0 aliphatic heterocycles. The summed E-state index contributed by atoms with van der Waals surface area (Å²) < 4.78 is 44.6. The Morgan fingerprint density at radius 3 is 2.38 bits per heavy atom. The van der Waals surface area contributed by atoms with Gasteiger partial charge in [0.25, 0.3) is 0 Å². The highest BCUT2D eigenvalue weighted by atomic mass is 32.2. The first kappa shape index (κ1) is 17.9. The van der Waals surface area contributed by atoms with Crippen LogP contribution in [0.15, 0.2) is 53.4 Å². The molecule has 0 heterocycles. The van der Waals surface area contributed by atoms with Crippen molar-refractivity contribution in [2.45, 2.75) is 17.9 Å². The van der Waals surface area contributed by atoms with E-state index in [1.165, 1.54) is 14.0 Å². The molecule has 0 aliphatic rings. The van der Waals surface area contributed by atoms with E-state index in [2.05, 4.69) is 10.0 Å². The van der Waals surface area contributed by atoms with Gasteiger partial charge in [0.2, 0.25) is 15.9 Å². The number of benzene rings is 2. The summed E-state index contributed by atoms with van der Waals surface area (Å²) in [5.74, 6) is -0.638. The fourth-order valence-electron chi connectivity index (χ4n) is 1.96. The third kappa shape index (κ3) is 4.30. The smallest absolute Gasteiger partial charge is 0.242 e. The van der Waals surface area contributed by atoms with Gasteiger partial charge in [-0.15, -0.1) is 0 Å². The molecule has 2 aromatic rings. The topological polar surface area (TPSA) is 84.5 Å². The zero-order chi connectivity index (χ0) is 17.7. The van der Waals surface area contributed by atoms with E-state index >= 15 is 0 Å². The number of sulfonamides is 1. The highest BCUT2D eigenvalue weighted by Gasteiger charge is 2.22. The van der Waals surface area contributed by atoms with Gasteiger partial charge in [-0.2, -0.15) is 4.72 Å². The fourth-order valence-corrected chi connectivity index (χ4v) is 3.16. The van der Waals surface area contributed by atoms with E-state index < -0.39 is 27.8 Å². The number of ether oxygens (including phenoxy) is 1. The largest absolute Gasteiger partial charge is 0.495 e. The van der Waals surface area contributed by atoms with Crippen LogP contribution >= 0.6 is 0 Å². The summed E-state index contributed by atoms with van der Waals surface area (Å²) in [5.41, 5.74) is 0.429. The molecule has 2 N–H and O–H groups in total. The molecular weight excluding hydrogens is 335 g/mol. The van der Waals surface area contributed by atoms with E-state index in [1.807, 2.05) is 0 Å². The van der Waals surface area contributed by atoms with E-state index in [4.69, 9.17) is 4.74 Å². The lowest BCUT2D eigenvalue weighted by molar-refractivity contribution is -0.117. The van der Waals surface area contributed by atoms with Gasteiger partial charge in [0.05, 0.1) is 23.7 Å². The van der Waals surface area contributed by atoms with Gasteiger partial charge in [0.1, 0.15) is 11.6 Å². The van der Waals surface area contributed by atoms with E-state index in [9.17, 15) is 17.6 Å². The van der Waals surface area contributed by atoms with Crippen LogP contribution in [0, 0.1) is 5.82 Å². The summed E-state index contributed by atoms with van der Waals surface area (Å²) in [4.78, 5) is 12.1. The van der Waals surface area contributed by atoms with Gasteiger partial charge in [-0.05, 0) is 43.3 Å². The highest BCUT2D eigenvalue weighted by Crippen LogP contribution is 2.23. The Kier molecular flexibility index (Phi) is 5.53. The van der Waals surface area contributed by atoms with Gasteiger partial charge in [0.15, 0.2) is 0 Å². The molecule has 128 valence electrons. The summed E-state index contributed by atoms with van der Waals surface area (Å²) in [7, 11) is -2.47. The number of rotatable bonds is 6.